The molecule has 4 rings (SSSR count). The quantitative estimate of drug-likeness (QED) is 0.718. The Hall–Kier alpha value is -2.98. The molecule has 0 aromatic heterocycles. The van der Waals surface area contributed by atoms with Crippen LogP contribution in [-0.4, -0.2) is 11.9 Å². The summed E-state index contributed by atoms with van der Waals surface area (Å²) < 4.78 is 13.1. The van der Waals surface area contributed by atoms with Gasteiger partial charge in [0.15, 0.2) is 0 Å². The van der Waals surface area contributed by atoms with Gasteiger partial charge in [0, 0.05) is 18.2 Å². The Morgan fingerprint density at radius 3 is 2.32 bits per heavy atom. The molecule has 0 saturated heterocycles. The lowest BCUT2D eigenvalue weighted by molar-refractivity contribution is 0.0933. The summed E-state index contributed by atoms with van der Waals surface area (Å²) in [5, 5.41) is 3.16. The first-order chi connectivity index (χ1) is 13.6. The molecule has 1 aliphatic rings. The molecule has 4 heteroatoms. The van der Waals surface area contributed by atoms with Crippen molar-refractivity contribution in [2.45, 2.75) is 31.8 Å². The minimum Gasteiger partial charge on any atom is -0.349 e. The van der Waals surface area contributed by atoms with E-state index in [2.05, 4.69) is 23.5 Å². The number of hydrogen-bond donors (Lipinski definition) is 2. The van der Waals surface area contributed by atoms with E-state index in [0.29, 0.717) is 12.1 Å². The van der Waals surface area contributed by atoms with Gasteiger partial charge in [-0.1, -0.05) is 42.5 Å². The number of carbonyl (C=O) groups is 1. The molecule has 3 aromatic carbocycles. The molecule has 0 fully saturated rings. The van der Waals surface area contributed by atoms with Crippen LogP contribution < -0.4 is 11.1 Å². The molecular formula is C24H23FN2O. The van der Waals surface area contributed by atoms with Gasteiger partial charge in [-0.05, 0) is 71.3 Å². The van der Waals surface area contributed by atoms with Crippen molar-refractivity contribution in [3.63, 3.8) is 0 Å². The highest BCUT2D eigenvalue weighted by Crippen LogP contribution is 2.24. The molecule has 3 aromatic rings. The zero-order valence-electron chi connectivity index (χ0n) is 15.6. The Balaban J connectivity index is 1.41. The fourth-order valence-electron chi connectivity index (χ4n) is 3.78. The predicted molar refractivity (Wildman–Crippen MR) is 109 cm³/mol. The van der Waals surface area contributed by atoms with Gasteiger partial charge in [-0.15, -0.1) is 0 Å². The maximum Gasteiger partial charge on any atom is 0.251 e. The van der Waals surface area contributed by atoms with Crippen LogP contribution in [0.25, 0.3) is 11.1 Å². The molecule has 1 aliphatic carbocycles. The summed E-state index contributed by atoms with van der Waals surface area (Å²) in [5.74, 6) is -0.314. The second-order valence-corrected chi connectivity index (χ2v) is 7.30. The van der Waals surface area contributed by atoms with E-state index in [1.165, 1.54) is 23.3 Å². The van der Waals surface area contributed by atoms with Crippen LogP contribution in [0.2, 0.25) is 0 Å². The molecule has 142 valence electrons. The zero-order valence-corrected chi connectivity index (χ0v) is 15.6. The smallest absolute Gasteiger partial charge is 0.251 e. The summed E-state index contributed by atoms with van der Waals surface area (Å²) in [6.07, 6.45) is 2.73. The highest BCUT2D eigenvalue weighted by Gasteiger charge is 2.21. The summed E-state index contributed by atoms with van der Waals surface area (Å²) in [6, 6.07) is 20.3. The number of fused-ring (bicyclic) bond motifs is 1. The first kappa shape index (κ1) is 18.4. The monoisotopic (exact) mass is 374 g/mol. The third kappa shape index (κ3) is 3.97. The fraction of sp³-hybridized carbons (Fsp3) is 0.208. The topological polar surface area (TPSA) is 55.1 Å². The summed E-state index contributed by atoms with van der Waals surface area (Å²) >= 11 is 0. The lowest BCUT2D eigenvalue weighted by Gasteiger charge is -2.26. The molecule has 1 amide bonds. The maximum absolute atomic E-state index is 13.1. The van der Waals surface area contributed by atoms with E-state index in [-0.39, 0.29) is 17.8 Å². The van der Waals surface area contributed by atoms with E-state index in [1.54, 1.807) is 12.1 Å². The predicted octanol–water partition coefficient (Wildman–Crippen LogP) is 4.24. The number of hydrogen-bond acceptors (Lipinski definition) is 2. The Bertz CT molecular complexity index is 980. The van der Waals surface area contributed by atoms with Gasteiger partial charge in [-0.3, -0.25) is 4.79 Å². The maximum atomic E-state index is 13.1. The summed E-state index contributed by atoms with van der Waals surface area (Å²) in [7, 11) is 0. The van der Waals surface area contributed by atoms with Crippen molar-refractivity contribution in [2.75, 3.05) is 0 Å². The zero-order chi connectivity index (χ0) is 19.5. The van der Waals surface area contributed by atoms with E-state index in [4.69, 9.17) is 5.73 Å². The molecule has 0 aliphatic heterocycles. The minimum atomic E-state index is -0.256. The standard InChI is InChI=1S/C24H23FN2O/c25-22-10-7-18(8-11-22)17-3-5-19(6-4-17)24(28)27-23-12-9-20-13-16(15-26)1-2-21(20)14-23/h1-8,10-11,13,23H,9,12,14-15,26H2,(H,27,28). The second kappa shape index (κ2) is 7.95. The van der Waals surface area contributed by atoms with Crippen LogP contribution >= 0.6 is 0 Å². The Morgan fingerprint density at radius 1 is 0.964 bits per heavy atom. The van der Waals surface area contributed by atoms with Crippen molar-refractivity contribution < 1.29 is 9.18 Å². The van der Waals surface area contributed by atoms with Gasteiger partial charge in [0.05, 0.1) is 0 Å². The molecule has 3 nitrogen and oxygen atoms in total. The van der Waals surface area contributed by atoms with Crippen molar-refractivity contribution >= 4 is 5.91 Å². The second-order valence-electron chi connectivity index (χ2n) is 7.30. The molecule has 1 atom stereocenters. The lowest BCUT2D eigenvalue weighted by atomic mass is 9.87. The number of nitrogens with two attached hydrogens (primary N) is 1. The van der Waals surface area contributed by atoms with Gasteiger partial charge >= 0.3 is 0 Å². The van der Waals surface area contributed by atoms with Crippen LogP contribution in [0.3, 0.4) is 0 Å². The van der Waals surface area contributed by atoms with Gasteiger partial charge < -0.3 is 11.1 Å². The largest absolute Gasteiger partial charge is 0.349 e. The molecule has 3 N–H and O–H groups in total. The van der Waals surface area contributed by atoms with Crippen molar-refractivity contribution in [1.82, 2.24) is 5.32 Å². The number of carbonyl (C=O) groups excluding carboxylic acids is 1. The third-order valence-electron chi connectivity index (χ3n) is 5.39. The van der Waals surface area contributed by atoms with E-state index in [9.17, 15) is 9.18 Å². The lowest BCUT2D eigenvalue weighted by Crippen LogP contribution is -2.38. The van der Waals surface area contributed by atoms with Crippen LogP contribution in [0.4, 0.5) is 4.39 Å². The molecule has 0 radical (unpaired) electrons. The number of benzene rings is 3. The molecule has 0 bridgehead atoms. The number of halogens is 1. The molecule has 0 saturated carbocycles. The van der Waals surface area contributed by atoms with E-state index in [1.807, 2.05) is 24.3 Å². The van der Waals surface area contributed by atoms with Crippen molar-refractivity contribution in [3.8, 4) is 11.1 Å². The molecular weight excluding hydrogens is 351 g/mol. The van der Waals surface area contributed by atoms with Crippen LogP contribution in [0.15, 0.2) is 66.7 Å². The Morgan fingerprint density at radius 2 is 1.64 bits per heavy atom. The number of amides is 1. The average Bonchev–Trinajstić information content (AvgIpc) is 2.74. The van der Waals surface area contributed by atoms with Crippen LogP contribution in [0.5, 0.6) is 0 Å². The molecule has 1 unspecified atom stereocenters. The van der Waals surface area contributed by atoms with Gasteiger partial charge in [-0.25, -0.2) is 4.39 Å². The van der Waals surface area contributed by atoms with Gasteiger partial charge in [-0.2, -0.15) is 0 Å². The van der Waals surface area contributed by atoms with Gasteiger partial charge in [0.1, 0.15) is 5.82 Å². The van der Waals surface area contributed by atoms with Crippen molar-refractivity contribution in [3.05, 3.63) is 94.8 Å². The molecule has 0 heterocycles. The Kier molecular flexibility index (Phi) is 5.22. The minimum absolute atomic E-state index is 0.0577. The first-order valence-corrected chi connectivity index (χ1v) is 9.60. The van der Waals surface area contributed by atoms with Crippen molar-refractivity contribution in [2.24, 2.45) is 5.73 Å². The SMILES string of the molecule is NCc1ccc2c(c1)CCC(NC(=O)c1ccc(-c3ccc(F)cc3)cc1)C2. The van der Waals surface area contributed by atoms with Crippen LogP contribution in [0.1, 0.15) is 33.5 Å². The first-order valence-electron chi connectivity index (χ1n) is 9.60. The number of nitrogens with one attached hydrogen (secondary N) is 1. The van der Waals surface area contributed by atoms with E-state index in [0.717, 1.165) is 36.0 Å². The van der Waals surface area contributed by atoms with E-state index < -0.39 is 0 Å². The average molecular weight is 374 g/mol. The molecule has 0 spiro atoms. The number of aryl methyl sites for hydroxylation is 1. The third-order valence-corrected chi connectivity index (χ3v) is 5.39. The molecule has 28 heavy (non-hydrogen) atoms. The van der Waals surface area contributed by atoms with E-state index >= 15 is 0 Å². The highest BCUT2D eigenvalue weighted by atomic mass is 19.1. The normalized spacial score (nSPS) is 15.7. The Labute approximate surface area is 164 Å². The van der Waals surface area contributed by atoms with Gasteiger partial charge in [0.2, 0.25) is 0 Å². The fourth-order valence-corrected chi connectivity index (χ4v) is 3.78. The summed E-state index contributed by atoms with van der Waals surface area (Å²) in [5.41, 5.74) is 12.0. The number of rotatable bonds is 4. The summed E-state index contributed by atoms with van der Waals surface area (Å²) in [6.45, 7) is 0.557. The highest BCUT2D eigenvalue weighted by molar-refractivity contribution is 5.94. The van der Waals surface area contributed by atoms with Gasteiger partial charge in [0.25, 0.3) is 5.91 Å². The van der Waals surface area contributed by atoms with Crippen molar-refractivity contribution in [1.29, 1.82) is 0 Å². The van der Waals surface area contributed by atoms with Crippen LogP contribution in [-0.2, 0) is 19.4 Å². The van der Waals surface area contributed by atoms with Crippen LogP contribution in [0, 0.1) is 5.82 Å². The summed E-state index contributed by atoms with van der Waals surface area (Å²) in [4.78, 5) is 12.6.